The second-order valence-corrected chi connectivity index (χ2v) is 5.59. The summed E-state index contributed by atoms with van der Waals surface area (Å²) in [6.07, 6.45) is 4.62. The molecule has 0 aliphatic carbocycles. The highest BCUT2D eigenvalue weighted by molar-refractivity contribution is 5.76. The Morgan fingerprint density at radius 2 is 2.39 bits per heavy atom. The quantitative estimate of drug-likeness (QED) is 0.869. The number of likely N-dealkylation sites (tertiary alicyclic amines) is 2. The van der Waals surface area contributed by atoms with E-state index in [1.807, 2.05) is 18.3 Å². The lowest BCUT2D eigenvalue weighted by Crippen LogP contribution is -2.35. The van der Waals surface area contributed by atoms with Gasteiger partial charge in [-0.3, -0.25) is 4.79 Å². The van der Waals surface area contributed by atoms with Gasteiger partial charge in [0, 0.05) is 37.4 Å². The molecular weight excluding hydrogens is 226 g/mol. The minimum atomic E-state index is 0.312. The highest BCUT2D eigenvalue weighted by atomic mass is 16.2. The number of carbonyl (C=O) groups excluding carboxylic acids is 1. The Bertz CT molecular complexity index is 415. The fraction of sp³-hybridized carbons (Fsp3) is 0.643. The van der Waals surface area contributed by atoms with E-state index < -0.39 is 0 Å². The minimum Gasteiger partial charge on any atom is -0.365 e. The number of rotatable bonds is 3. The summed E-state index contributed by atoms with van der Waals surface area (Å²) >= 11 is 0. The van der Waals surface area contributed by atoms with E-state index >= 15 is 0 Å². The topological polar surface area (TPSA) is 39.3 Å². The molecule has 0 spiro atoms. The van der Waals surface area contributed by atoms with E-state index in [4.69, 9.17) is 0 Å². The van der Waals surface area contributed by atoms with Crippen LogP contribution in [0.25, 0.3) is 0 Å². The monoisotopic (exact) mass is 247 g/mol. The molecule has 98 valence electrons. The number of H-pyrrole nitrogens is 1. The zero-order valence-electron chi connectivity index (χ0n) is 10.9. The van der Waals surface area contributed by atoms with Gasteiger partial charge in [0.1, 0.15) is 0 Å². The van der Waals surface area contributed by atoms with Crippen molar-refractivity contribution in [2.75, 3.05) is 26.7 Å². The summed E-state index contributed by atoms with van der Waals surface area (Å²) in [5.41, 5.74) is 1.15. The van der Waals surface area contributed by atoms with Gasteiger partial charge in [-0.1, -0.05) is 0 Å². The number of likely N-dealkylation sites (N-methyl/N-ethyl adjacent to an activating group) is 1. The zero-order chi connectivity index (χ0) is 12.5. The smallest absolute Gasteiger partial charge is 0.223 e. The van der Waals surface area contributed by atoms with Crippen LogP contribution in [0.3, 0.4) is 0 Å². The molecule has 3 rings (SSSR count). The molecular formula is C14H21N3O. The second kappa shape index (κ2) is 4.76. The predicted octanol–water partition coefficient (Wildman–Crippen LogP) is 1.11. The van der Waals surface area contributed by atoms with Crippen molar-refractivity contribution in [1.82, 2.24) is 14.8 Å². The lowest BCUT2D eigenvalue weighted by Gasteiger charge is -2.20. The van der Waals surface area contributed by atoms with Crippen LogP contribution in [-0.4, -0.2) is 53.4 Å². The highest BCUT2D eigenvalue weighted by Gasteiger charge is 2.40. The second-order valence-electron chi connectivity index (χ2n) is 5.59. The van der Waals surface area contributed by atoms with E-state index in [1.165, 1.54) is 13.0 Å². The van der Waals surface area contributed by atoms with Gasteiger partial charge in [0.2, 0.25) is 5.91 Å². The summed E-state index contributed by atoms with van der Waals surface area (Å²) in [7, 11) is 2.18. The van der Waals surface area contributed by atoms with Crippen LogP contribution in [0.5, 0.6) is 0 Å². The van der Waals surface area contributed by atoms with Gasteiger partial charge in [0.25, 0.3) is 0 Å². The summed E-state index contributed by atoms with van der Waals surface area (Å²) in [6, 6.07) is 4.63. The normalized spacial score (nSPS) is 27.7. The van der Waals surface area contributed by atoms with Crippen molar-refractivity contribution in [3.8, 4) is 0 Å². The molecule has 4 nitrogen and oxygen atoms in total. The Balaban J connectivity index is 1.52. The molecule has 18 heavy (non-hydrogen) atoms. The van der Waals surface area contributed by atoms with Crippen molar-refractivity contribution in [2.24, 2.45) is 5.92 Å². The molecule has 2 unspecified atom stereocenters. The summed E-state index contributed by atoms with van der Waals surface area (Å²) in [5, 5.41) is 0. The number of amides is 1. The minimum absolute atomic E-state index is 0.312. The van der Waals surface area contributed by atoms with Crippen LogP contribution in [0.2, 0.25) is 0 Å². The van der Waals surface area contributed by atoms with Crippen molar-refractivity contribution in [3.05, 3.63) is 24.0 Å². The molecule has 1 aromatic heterocycles. The van der Waals surface area contributed by atoms with Crippen LogP contribution in [0.1, 0.15) is 18.5 Å². The first-order valence-electron chi connectivity index (χ1n) is 6.84. The summed E-state index contributed by atoms with van der Waals surface area (Å²) < 4.78 is 0. The number of fused-ring (bicyclic) bond motifs is 1. The molecule has 2 aliphatic heterocycles. The van der Waals surface area contributed by atoms with E-state index in [2.05, 4.69) is 21.8 Å². The number of nitrogens with one attached hydrogen (secondary N) is 1. The lowest BCUT2D eigenvalue weighted by atomic mass is 10.1. The van der Waals surface area contributed by atoms with Gasteiger partial charge in [-0.25, -0.2) is 0 Å². The third kappa shape index (κ3) is 2.17. The van der Waals surface area contributed by atoms with Crippen LogP contribution in [-0.2, 0) is 11.2 Å². The molecule has 0 radical (unpaired) electrons. The van der Waals surface area contributed by atoms with E-state index in [-0.39, 0.29) is 0 Å². The van der Waals surface area contributed by atoms with Gasteiger partial charge in [-0.15, -0.1) is 0 Å². The average molecular weight is 247 g/mol. The summed E-state index contributed by atoms with van der Waals surface area (Å²) in [4.78, 5) is 19.8. The molecule has 1 N–H and O–H groups in total. The molecule has 2 atom stereocenters. The fourth-order valence-electron chi connectivity index (χ4n) is 3.30. The first-order chi connectivity index (χ1) is 8.74. The van der Waals surface area contributed by atoms with Crippen molar-refractivity contribution in [2.45, 2.75) is 25.3 Å². The number of aromatic nitrogens is 1. The lowest BCUT2D eigenvalue weighted by molar-refractivity contribution is -0.130. The molecule has 4 heteroatoms. The SMILES string of the molecule is CN1CCC2CN(C(=O)CCc3ccc[nH]3)CC21. The van der Waals surface area contributed by atoms with Crippen LogP contribution >= 0.6 is 0 Å². The number of carbonyl (C=O) groups is 1. The fourth-order valence-corrected chi connectivity index (χ4v) is 3.30. The molecule has 3 heterocycles. The Kier molecular flexibility index (Phi) is 3.12. The summed E-state index contributed by atoms with van der Waals surface area (Å²) in [5.74, 6) is 1.02. The Morgan fingerprint density at radius 1 is 1.50 bits per heavy atom. The predicted molar refractivity (Wildman–Crippen MR) is 70.2 cm³/mol. The highest BCUT2D eigenvalue weighted by Crippen LogP contribution is 2.30. The third-order valence-corrected chi connectivity index (χ3v) is 4.45. The molecule has 1 amide bonds. The van der Waals surface area contributed by atoms with Crippen LogP contribution < -0.4 is 0 Å². The summed E-state index contributed by atoms with van der Waals surface area (Å²) in [6.45, 7) is 3.10. The van der Waals surface area contributed by atoms with Crippen molar-refractivity contribution in [1.29, 1.82) is 0 Å². The number of hydrogen-bond donors (Lipinski definition) is 1. The Hall–Kier alpha value is -1.29. The molecule has 1 aromatic rings. The number of aromatic amines is 1. The van der Waals surface area contributed by atoms with Crippen molar-refractivity contribution >= 4 is 5.91 Å². The first kappa shape index (κ1) is 11.8. The van der Waals surface area contributed by atoms with E-state index in [0.717, 1.165) is 25.2 Å². The average Bonchev–Trinajstić information content (AvgIpc) is 3.05. The molecule has 0 aromatic carbocycles. The molecule has 2 aliphatic rings. The Labute approximate surface area is 108 Å². The molecule has 0 bridgehead atoms. The van der Waals surface area contributed by atoms with Crippen LogP contribution in [0.15, 0.2) is 18.3 Å². The van der Waals surface area contributed by atoms with Gasteiger partial charge >= 0.3 is 0 Å². The number of nitrogens with zero attached hydrogens (tertiary/aromatic N) is 2. The molecule has 2 saturated heterocycles. The number of aryl methyl sites for hydroxylation is 1. The van der Waals surface area contributed by atoms with Gasteiger partial charge in [-0.2, -0.15) is 0 Å². The largest absolute Gasteiger partial charge is 0.365 e. The van der Waals surface area contributed by atoms with E-state index in [1.54, 1.807) is 0 Å². The van der Waals surface area contributed by atoms with Crippen molar-refractivity contribution in [3.63, 3.8) is 0 Å². The standard InChI is InChI=1S/C14H21N3O/c1-16-8-6-11-9-17(10-13(11)16)14(18)5-4-12-3-2-7-15-12/h2-3,7,11,13,15H,4-6,8-10H2,1H3. The maximum Gasteiger partial charge on any atom is 0.223 e. The van der Waals surface area contributed by atoms with E-state index in [9.17, 15) is 4.79 Å². The third-order valence-electron chi connectivity index (χ3n) is 4.45. The Morgan fingerprint density at radius 3 is 3.11 bits per heavy atom. The van der Waals surface area contributed by atoms with Crippen molar-refractivity contribution < 1.29 is 4.79 Å². The molecule has 0 saturated carbocycles. The first-order valence-corrected chi connectivity index (χ1v) is 6.84. The maximum absolute atomic E-state index is 12.2. The number of hydrogen-bond acceptors (Lipinski definition) is 2. The van der Waals surface area contributed by atoms with Gasteiger partial charge in [0.05, 0.1) is 0 Å². The zero-order valence-corrected chi connectivity index (χ0v) is 10.9. The van der Waals surface area contributed by atoms with Crippen LogP contribution in [0.4, 0.5) is 0 Å². The molecule has 2 fully saturated rings. The van der Waals surface area contributed by atoms with Gasteiger partial charge < -0.3 is 14.8 Å². The van der Waals surface area contributed by atoms with Gasteiger partial charge in [0.15, 0.2) is 0 Å². The van der Waals surface area contributed by atoms with E-state index in [0.29, 0.717) is 24.3 Å². The van der Waals surface area contributed by atoms with Gasteiger partial charge in [-0.05, 0) is 44.5 Å². The van der Waals surface area contributed by atoms with Crippen LogP contribution in [0, 0.1) is 5.92 Å². The maximum atomic E-state index is 12.2.